The van der Waals surface area contributed by atoms with Crippen LogP contribution in [0.15, 0.2) is 54.6 Å². The Morgan fingerprint density at radius 1 is 0.939 bits per heavy atom. The molecule has 8 heteroatoms. The van der Waals surface area contributed by atoms with E-state index in [4.69, 9.17) is 0 Å². The molecule has 0 aromatic heterocycles. The number of fused-ring (bicyclic) bond motifs is 3. The van der Waals surface area contributed by atoms with Crippen LogP contribution in [0.4, 0.5) is 5.69 Å². The normalized spacial score (nSPS) is 30.8. The standard InChI is InChI=1S/C25H28N4O4/c1-14(2)20-22(31)26-18(21(30)28-20)13-25(33)16-10-6-7-11-19(16)29-23(32)17(27-24(25)29)12-15-8-4-3-5-9-15/h3-11,14,17-18,20,24,27,33H,12-13H2,1-2H3,(H,26,31)(H,28,30)/t17-,18+,20-,24+,25-/m1/s1. The maximum Gasteiger partial charge on any atom is 0.245 e. The number of benzene rings is 2. The Morgan fingerprint density at radius 3 is 2.36 bits per heavy atom. The third-order valence-corrected chi connectivity index (χ3v) is 6.91. The van der Waals surface area contributed by atoms with Gasteiger partial charge in [-0.25, -0.2) is 0 Å². The summed E-state index contributed by atoms with van der Waals surface area (Å²) in [6, 6.07) is 14.9. The van der Waals surface area contributed by atoms with Gasteiger partial charge in [-0.1, -0.05) is 62.4 Å². The summed E-state index contributed by atoms with van der Waals surface area (Å²) in [5.41, 5.74) is 0.667. The van der Waals surface area contributed by atoms with E-state index in [1.54, 1.807) is 23.1 Å². The largest absolute Gasteiger partial charge is 0.381 e. The lowest BCUT2D eigenvalue weighted by Gasteiger charge is -2.37. The van der Waals surface area contributed by atoms with Gasteiger partial charge in [0.15, 0.2) is 0 Å². The van der Waals surface area contributed by atoms with Gasteiger partial charge in [-0.3, -0.25) is 24.6 Å². The lowest BCUT2D eigenvalue weighted by molar-refractivity contribution is -0.140. The minimum Gasteiger partial charge on any atom is -0.381 e. The third kappa shape index (κ3) is 3.50. The molecule has 172 valence electrons. The summed E-state index contributed by atoms with van der Waals surface area (Å²) < 4.78 is 0. The van der Waals surface area contributed by atoms with Crippen molar-refractivity contribution in [3.05, 3.63) is 65.7 Å². The molecule has 2 fully saturated rings. The first-order chi connectivity index (χ1) is 15.8. The molecule has 3 amide bonds. The Labute approximate surface area is 192 Å². The highest BCUT2D eigenvalue weighted by Crippen LogP contribution is 2.48. The first kappa shape index (κ1) is 21.6. The number of hydrogen-bond acceptors (Lipinski definition) is 5. The van der Waals surface area contributed by atoms with Gasteiger partial charge in [0.05, 0.1) is 11.7 Å². The van der Waals surface area contributed by atoms with Gasteiger partial charge in [0.2, 0.25) is 17.7 Å². The molecule has 0 unspecified atom stereocenters. The van der Waals surface area contributed by atoms with E-state index in [1.807, 2.05) is 50.2 Å². The van der Waals surface area contributed by atoms with Crippen molar-refractivity contribution in [2.75, 3.05) is 4.90 Å². The molecule has 0 aliphatic carbocycles. The van der Waals surface area contributed by atoms with Gasteiger partial charge in [-0.15, -0.1) is 0 Å². The number of amides is 3. The van der Waals surface area contributed by atoms with Crippen LogP contribution in [0.1, 0.15) is 31.4 Å². The molecule has 4 N–H and O–H groups in total. The van der Waals surface area contributed by atoms with Gasteiger partial charge < -0.3 is 15.7 Å². The van der Waals surface area contributed by atoms with Gasteiger partial charge in [0.25, 0.3) is 0 Å². The third-order valence-electron chi connectivity index (χ3n) is 6.91. The second-order valence-electron chi connectivity index (χ2n) is 9.46. The van der Waals surface area contributed by atoms with Crippen molar-refractivity contribution in [1.29, 1.82) is 0 Å². The highest BCUT2D eigenvalue weighted by molar-refractivity contribution is 6.03. The zero-order chi connectivity index (χ0) is 23.3. The molecule has 5 atom stereocenters. The number of nitrogens with zero attached hydrogens (tertiary/aromatic N) is 1. The van der Waals surface area contributed by atoms with Gasteiger partial charge in [0, 0.05) is 12.0 Å². The smallest absolute Gasteiger partial charge is 0.245 e. The van der Waals surface area contributed by atoms with Crippen molar-refractivity contribution in [2.24, 2.45) is 5.92 Å². The van der Waals surface area contributed by atoms with Crippen LogP contribution in [-0.2, 0) is 26.4 Å². The average Bonchev–Trinajstić information content (AvgIpc) is 3.24. The number of rotatable bonds is 5. The van der Waals surface area contributed by atoms with E-state index in [2.05, 4.69) is 16.0 Å². The minimum atomic E-state index is -1.54. The SMILES string of the molecule is CC(C)[C@H]1NC(=O)[C@H](C[C@@]2(O)c3ccccc3N3C(=O)[C@@H](Cc4ccccc4)N[C@@H]32)NC1=O. The summed E-state index contributed by atoms with van der Waals surface area (Å²) in [6.45, 7) is 3.73. The van der Waals surface area contributed by atoms with E-state index >= 15 is 0 Å². The van der Waals surface area contributed by atoms with Crippen molar-refractivity contribution >= 4 is 23.4 Å². The van der Waals surface area contributed by atoms with Crippen LogP contribution in [0, 0.1) is 5.92 Å². The molecule has 0 bridgehead atoms. The molecular weight excluding hydrogens is 420 g/mol. The molecule has 33 heavy (non-hydrogen) atoms. The summed E-state index contributed by atoms with van der Waals surface area (Å²) in [6.07, 6.45) is -0.295. The quantitative estimate of drug-likeness (QED) is 0.541. The minimum absolute atomic E-state index is 0.0476. The highest BCUT2D eigenvalue weighted by Gasteiger charge is 2.59. The van der Waals surface area contributed by atoms with E-state index in [9.17, 15) is 19.5 Å². The van der Waals surface area contributed by atoms with Crippen LogP contribution < -0.4 is 20.9 Å². The number of hydrogen-bond donors (Lipinski definition) is 4. The Kier molecular flexibility index (Phi) is 5.22. The van der Waals surface area contributed by atoms with Crippen molar-refractivity contribution in [1.82, 2.24) is 16.0 Å². The Balaban J connectivity index is 1.44. The number of piperazine rings is 1. The van der Waals surface area contributed by atoms with Crippen molar-refractivity contribution in [3.63, 3.8) is 0 Å². The van der Waals surface area contributed by atoms with E-state index in [-0.39, 0.29) is 30.1 Å². The number of anilines is 1. The van der Waals surface area contributed by atoms with Crippen LogP contribution >= 0.6 is 0 Å². The van der Waals surface area contributed by atoms with E-state index in [0.29, 0.717) is 17.7 Å². The first-order valence-electron chi connectivity index (χ1n) is 11.4. The predicted octanol–water partition coefficient (Wildman–Crippen LogP) is 0.791. The summed E-state index contributed by atoms with van der Waals surface area (Å²) in [7, 11) is 0. The molecule has 5 rings (SSSR count). The van der Waals surface area contributed by atoms with Gasteiger partial charge in [-0.2, -0.15) is 0 Å². The fourth-order valence-electron chi connectivity index (χ4n) is 5.23. The molecule has 2 aromatic rings. The monoisotopic (exact) mass is 448 g/mol. The molecule has 3 heterocycles. The van der Waals surface area contributed by atoms with Gasteiger partial charge in [-0.05, 0) is 24.0 Å². The van der Waals surface area contributed by atoms with Crippen LogP contribution in [0.25, 0.3) is 0 Å². The zero-order valence-electron chi connectivity index (χ0n) is 18.6. The van der Waals surface area contributed by atoms with Crippen molar-refractivity contribution < 1.29 is 19.5 Å². The number of aliphatic hydroxyl groups is 1. The Morgan fingerprint density at radius 2 is 1.64 bits per heavy atom. The number of carbonyl (C=O) groups excluding carboxylic acids is 3. The van der Waals surface area contributed by atoms with Gasteiger partial charge in [0.1, 0.15) is 23.9 Å². The van der Waals surface area contributed by atoms with Crippen LogP contribution in [-0.4, -0.2) is 47.1 Å². The summed E-state index contributed by atoms with van der Waals surface area (Å²) in [4.78, 5) is 40.4. The number of carbonyl (C=O) groups is 3. The Hall–Kier alpha value is -3.23. The Bertz CT molecular complexity index is 1100. The molecular formula is C25H28N4O4. The molecule has 0 saturated carbocycles. The lowest BCUT2D eigenvalue weighted by atomic mass is 9.85. The van der Waals surface area contributed by atoms with E-state index < -0.39 is 29.9 Å². The second-order valence-corrected chi connectivity index (χ2v) is 9.46. The van der Waals surface area contributed by atoms with Crippen molar-refractivity contribution in [3.8, 4) is 0 Å². The lowest BCUT2D eigenvalue weighted by Crippen LogP contribution is -2.65. The van der Waals surface area contributed by atoms with Crippen LogP contribution in [0.5, 0.6) is 0 Å². The average molecular weight is 449 g/mol. The molecule has 0 spiro atoms. The van der Waals surface area contributed by atoms with Crippen LogP contribution in [0.2, 0.25) is 0 Å². The van der Waals surface area contributed by atoms with Gasteiger partial charge >= 0.3 is 0 Å². The zero-order valence-corrected chi connectivity index (χ0v) is 18.6. The number of para-hydroxylation sites is 1. The molecule has 8 nitrogen and oxygen atoms in total. The fourth-order valence-corrected chi connectivity index (χ4v) is 5.23. The summed E-state index contributed by atoms with van der Waals surface area (Å²) in [5.74, 6) is -0.764. The van der Waals surface area contributed by atoms with E-state index in [1.165, 1.54) is 0 Å². The maximum atomic E-state index is 13.4. The van der Waals surface area contributed by atoms with Crippen molar-refractivity contribution in [2.45, 2.75) is 56.6 Å². The summed E-state index contributed by atoms with van der Waals surface area (Å²) in [5, 5.41) is 20.8. The molecule has 0 radical (unpaired) electrons. The molecule has 3 aliphatic rings. The highest BCUT2D eigenvalue weighted by atomic mass is 16.3. The fraction of sp³-hybridized carbons (Fsp3) is 0.400. The first-order valence-corrected chi connectivity index (χ1v) is 11.4. The maximum absolute atomic E-state index is 13.4. The molecule has 2 aromatic carbocycles. The second kappa shape index (κ2) is 7.97. The summed E-state index contributed by atoms with van der Waals surface area (Å²) >= 11 is 0. The number of nitrogens with one attached hydrogen (secondary N) is 3. The van der Waals surface area contributed by atoms with Crippen LogP contribution in [0.3, 0.4) is 0 Å². The molecule has 3 aliphatic heterocycles. The topological polar surface area (TPSA) is 111 Å². The molecule has 2 saturated heterocycles. The predicted molar refractivity (Wildman–Crippen MR) is 122 cm³/mol. The van der Waals surface area contributed by atoms with E-state index in [0.717, 1.165) is 5.56 Å².